The van der Waals surface area contributed by atoms with Crippen LogP contribution in [0.5, 0.6) is 5.75 Å². The number of amides is 2. The molecule has 0 aliphatic heterocycles. The fourth-order valence-electron chi connectivity index (χ4n) is 3.14. The average molecular weight is 412 g/mol. The van der Waals surface area contributed by atoms with E-state index in [2.05, 4.69) is 10.6 Å². The molecule has 4 aromatic rings. The predicted octanol–water partition coefficient (Wildman–Crippen LogP) is 4.85. The second-order valence-electron chi connectivity index (χ2n) is 6.74. The minimum Gasteiger partial charge on any atom is -0.497 e. The molecule has 2 amide bonds. The molecule has 4 rings (SSSR count). The first kappa shape index (κ1) is 20.0. The summed E-state index contributed by atoms with van der Waals surface area (Å²) in [4.78, 5) is 25.7. The fourth-order valence-corrected chi connectivity index (χ4v) is 3.14. The van der Waals surface area contributed by atoms with Crippen molar-refractivity contribution in [2.75, 3.05) is 12.4 Å². The van der Waals surface area contributed by atoms with Crippen LogP contribution in [0.3, 0.4) is 0 Å². The lowest BCUT2D eigenvalue weighted by Crippen LogP contribution is -2.30. The Kier molecular flexibility index (Phi) is 5.80. The quantitative estimate of drug-likeness (QED) is 0.444. The topological polar surface area (TPSA) is 80.6 Å². The maximum atomic E-state index is 13.1. The molecule has 1 heterocycles. The molecule has 6 heteroatoms. The maximum Gasteiger partial charge on any atom is 0.291 e. The summed E-state index contributed by atoms with van der Waals surface area (Å²) in [6.07, 6.45) is 3.00. The number of benzene rings is 3. The Labute approximate surface area is 179 Å². The van der Waals surface area contributed by atoms with Crippen molar-refractivity contribution in [3.8, 4) is 5.75 Å². The monoisotopic (exact) mass is 412 g/mol. The van der Waals surface area contributed by atoms with Crippen LogP contribution < -0.4 is 15.4 Å². The molecule has 0 radical (unpaired) electrons. The Hall–Kier alpha value is -4.32. The first-order valence-electron chi connectivity index (χ1n) is 9.64. The van der Waals surface area contributed by atoms with Gasteiger partial charge in [0.15, 0.2) is 5.76 Å². The first-order chi connectivity index (χ1) is 15.1. The van der Waals surface area contributed by atoms with Gasteiger partial charge in [-0.15, -0.1) is 0 Å². The first-order valence-corrected chi connectivity index (χ1v) is 9.64. The number of hydrogen-bond donors (Lipinski definition) is 2. The van der Waals surface area contributed by atoms with Crippen LogP contribution in [-0.4, -0.2) is 18.9 Å². The number of carbonyl (C=O) groups is 2. The molecule has 0 atom stereocenters. The van der Waals surface area contributed by atoms with Gasteiger partial charge in [0.2, 0.25) is 0 Å². The van der Waals surface area contributed by atoms with Crippen molar-refractivity contribution < 1.29 is 18.7 Å². The van der Waals surface area contributed by atoms with Gasteiger partial charge in [-0.25, -0.2) is 0 Å². The Morgan fingerprint density at radius 1 is 0.903 bits per heavy atom. The molecule has 0 saturated heterocycles. The average Bonchev–Trinajstić information content (AvgIpc) is 3.34. The Balaban J connectivity index is 1.65. The van der Waals surface area contributed by atoms with Gasteiger partial charge in [0.25, 0.3) is 11.8 Å². The lowest BCUT2D eigenvalue weighted by molar-refractivity contribution is -0.113. The van der Waals surface area contributed by atoms with E-state index in [1.807, 2.05) is 42.5 Å². The number of ether oxygens (including phenoxy) is 1. The zero-order valence-electron chi connectivity index (χ0n) is 16.8. The van der Waals surface area contributed by atoms with E-state index >= 15 is 0 Å². The highest BCUT2D eigenvalue weighted by atomic mass is 16.5. The second-order valence-corrected chi connectivity index (χ2v) is 6.74. The van der Waals surface area contributed by atoms with Crippen molar-refractivity contribution in [1.29, 1.82) is 0 Å². The lowest BCUT2D eigenvalue weighted by Gasteiger charge is -2.12. The third-order valence-electron chi connectivity index (χ3n) is 4.70. The number of carbonyl (C=O) groups excluding carboxylic acids is 2. The maximum absolute atomic E-state index is 13.1. The molecule has 0 aliphatic rings. The molecule has 2 N–H and O–H groups in total. The molecular formula is C25H20N2O4. The van der Waals surface area contributed by atoms with Crippen molar-refractivity contribution in [3.63, 3.8) is 0 Å². The number of nitrogens with one attached hydrogen (secondary N) is 2. The molecular weight excluding hydrogens is 392 g/mol. The van der Waals surface area contributed by atoms with E-state index in [0.717, 1.165) is 16.3 Å². The van der Waals surface area contributed by atoms with Crippen LogP contribution in [0.4, 0.5) is 5.69 Å². The molecule has 3 aromatic carbocycles. The molecule has 0 aliphatic carbocycles. The molecule has 1 aromatic heterocycles. The Morgan fingerprint density at radius 3 is 2.42 bits per heavy atom. The van der Waals surface area contributed by atoms with Crippen molar-refractivity contribution >= 4 is 34.4 Å². The third-order valence-corrected chi connectivity index (χ3v) is 4.70. The van der Waals surface area contributed by atoms with E-state index in [1.54, 1.807) is 43.5 Å². The van der Waals surface area contributed by atoms with Crippen LogP contribution in [0.25, 0.3) is 16.8 Å². The molecule has 0 unspecified atom stereocenters. The summed E-state index contributed by atoms with van der Waals surface area (Å²) in [5, 5.41) is 7.45. The van der Waals surface area contributed by atoms with Gasteiger partial charge in [0, 0.05) is 11.1 Å². The van der Waals surface area contributed by atoms with Crippen LogP contribution in [0.1, 0.15) is 16.1 Å². The van der Waals surface area contributed by atoms with Gasteiger partial charge in [-0.2, -0.15) is 0 Å². The van der Waals surface area contributed by atoms with E-state index < -0.39 is 11.8 Å². The third kappa shape index (κ3) is 4.64. The summed E-state index contributed by atoms with van der Waals surface area (Å²) in [6.45, 7) is 0. The molecule has 0 saturated carbocycles. The van der Waals surface area contributed by atoms with Crippen molar-refractivity contribution in [1.82, 2.24) is 5.32 Å². The molecule has 31 heavy (non-hydrogen) atoms. The predicted molar refractivity (Wildman–Crippen MR) is 120 cm³/mol. The summed E-state index contributed by atoms with van der Waals surface area (Å²) < 4.78 is 10.3. The number of fused-ring (bicyclic) bond motifs is 1. The van der Waals surface area contributed by atoms with E-state index in [-0.39, 0.29) is 11.5 Å². The van der Waals surface area contributed by atoms with Crippen molar-refractivity contribution in [3.05, 3.63) is 102 Å². The normalized spacial score (nSPS) is 11.2. The molecule has 6 nitrogen and oxygen atoms in total. The Bertz CT molecular complexity index is 1240. The highest BCUT2D eigenvalue weighted by Gasteiger charge is 2.17. The lowest BCUT2D eigenvalue weighted by atomic mass is 10.1. The number of anilines is 1. The van der Waals surface area contributed by atoms with Crippen LogP contribution in [0, 0.1) is 0 Å². The fraction of sp³-hybridized carbons (Fsp3) is 0.0400. The number of rotatable bonds is 6. The SMILES string of the molecule is COc1ccc(C=C(NC(=O)c2ccco2)C(=O)Nc2cccc3ccccc23)cc1. The van der Waals surface area contributed by atoms with E-state index in [9.17, 15) is 9.59 Å². The van der Waals surface area contributed by atoms with Gasteiger partial charge in [-0.1, -0.05) is 48.5 Å². The standard InChI is InChI=1S/C25H20N2O4/c1-30-19-13-11-17(12-14-19)16-22(27-25(29)23-10-5-15-31-23)24(28)26-21-9-4-7-18-6-2-3-8-20(18)21/h2-16H,1H3,(H,26,28)(H,27,29). The largest absolute Gasteiger partial charge is 0.497 e. The van der Waals surface area contributed by atoms with Crippen LogP contribution >= 0.6 is 0 Å². The minimum absolute atomic E-state index is 0.0829. The van der Waals surface area contributed by atoms with E-state index in [1.165, 1.54) is 12.3 Å². The van der Waals surface area contributed by atoms with E-state index in [0.29, 0.717) is 11.4 Å². The summed E-state index contributed by atoms with van der Waals surface area (Å²) in [5.41, 5.74) is 1.46. The summed E-state index contributed by atoms with van der Waals surface area (Å²) in [6, 6.07) is 23.7. The minimum atomic E-state index is -0.516. The van der Waals surface area contributed by atoms with Crippen LogP contribution in [0.15, 0.2) is 95.2 Å². The highest BCUT2D eigenvalue weighted by Crippen LogP contribution is 2.23. The zero-order chi connectivity index (χ0) is 21.6. The van der Waals surface area contributed by atoms with Gasteiger partial charge in [-0.05, 0) is 47.4 Å². The van der Waals surface area contributed by atoms with Crippen molar-refractivity contribution in [2.45, 2.75) is 0 Å². The van der Waals surface area contributed by atoms with Gasteiger partial charge >= 0.3 is 0 Å². The van der Waals surface area contributed by atoms with Gasteiger partial charge in [0.1, 0.15) is 11.4 Å². The smallest absolute Gasteiger partial charge is 0.291 e. The van der Waals surface area contributed by atoms with Crippen LogP contribution in [-0.2, 0) is 4.79 Å². The summed E-state index contributed by atoms with van der Waals surface area (Å²) >= 11 is 0. The zero-order valence-corrected chi connectivity index (χ0v) is 16.8. The summed E-state index contributed by atoms with van der Waals surface area (Å²) in [5.74, 6) is -0.165. The second kappa shape index (κ2) is 9.00. The number of methoxy groups -OCH3 is 1. The number of furan rings is 1. The Morgan fingerprint density at radius 2 is 1.68 bits per heavy atom. The molecule has 0 spiro atoms. The van der Waals surface area contributed by atoms with Gasteiger partial charge in [0.05, 0.1) is 13.4 Å². The molecule has 0 bridgehead atoms. The van der Waals surface area contributed by atoms with E-state index in [4.69, 9.17) is 9.15 Å². The highest BCUT2D eigenvalue weighted by molar-refractivity contribution is 6.13. The van der Waals surface area contributed by atoms with Gasteiger partial charge in [-0.3, -0.25) is 9.59 Å². The van der Waals surface area contributed by atoms with Crippen molar-refractivity contribution in [2.24, 2.45) is 0 Å². The molecule has 0 fully saturated rings. The number of hydrogen-bond acceptors (Lipinski definition) is 4. The summed E-state index contributed by atoms with van der Waals surface area (Å²) in [7, 11) is 1.58. The van der Waals surface area contributed by atoms with Gasteiger partial charge < -0.3 is 19.8 Å². The molecule has 154 valence electrons. The van der Waals surface area contributed by atoms with Crippen LogP contribution in [0.2, 0.25) is 0 Å².